The van der Waals surface area contributed by atoms with Gasteiger partial charge in [-0.15, -0.1) is 10.2 Å². The number of carbonyl (C=O) groups excluding carboxylic acids is 2. The Balaban J connectivity index is 1.44. The number of carbonyl (C=O) groups is 2. The summed E-state index contributed by atoms with van der Waals surface area (Å²) in [6, 6.07) is 0.0474. The Morgan fingerprint density at radius 3 is 2.59 bits per heavy atom. The molecule has 0 aromatic carbocycles. The lowest BCUT2D eigenvalue weighted by Gasteiger charge is -2.25. The van der Waals surface area contributed by atoms with Crippen LogP contribution in [0.5, 0.6) is 0 Å². The van der Waals surface area contributed by atoms with Crippen molar-refractivity contribution in [2.24, 2.45) is 5.92 Å². The van der Waals surface area contributed by atoms with Gasteiger partial charge in [0, 0.05) is 45.9 Å². The third-order valence-corrected chi connectivity index (χ3v) is 6.61. The molecule has 2 fully saturated rings. The number of hydrogen-bond acceptors (Lipinski definition) is 4. The minimum atomic E-state index is 0.0474. The lowest BCUT2D eigenvalue weighted by molar-refractivity contribution is -0.132. The van der Waals surface area contributed by atoms with Gasteiger partial charge in [-0.2, -0.15) is 0 Å². The molecule has 1 saturated heterocycles. The van der Waals surface area contributed by atoms with Crippen LogP contribution in [-0.2, 0) is 22.6 Å². The van der Waals surface area contributed by atoms with Crippen LogP contribution in [0.3, 0.4) is 0 Å². The standard InChI is InChI=1S/C20H31N5O2/c1-15(26)23-12-10-18-21-22-20(25(18)14-13-23)17-7-4-11-24(17)19(27)9-8-16-5-2-3-6-16/h16-17H,2-14H2,1H3/t17-/m1/s1. The number of aromatic nitrogens is 3. The number of fused-ring (bicyclic) bond motifs is 1. The van der Waals surface area contributed by atoms with Crippen molar-refractivity contribution in [3.8, 4) is 0 Å². The van der Waals surface area contributed by atoms with E-state index in [9.17, 15) is 9.59 Å². The molecule has 1 aromatic rings. The number of rotatable bonds is 4. The van der Waals surface area contributed by atoms with E-state index >= 15 is 0 Å². The number of likely N-dealkylation sites (tertiary alicyclic amines) is 1. The Labute approximate surface area is 161 Å². The molecular formula is C20H31N5O2. The summed E-state index contributed by atoms with van der Waals surface area (Å²) in [4.78, 5) is 28.5. The van der Waals surface area contributed by atoms with E-state index in [1.54, 1.807) is 6.92 Å². The van der Waals surface area contributed by atoms with Crippen LogP contribution in [-0.4, -0.2) is 56.0 Å². The van der Waals surface area contributed by atoms with Crippen molar-refractivity contribution >= 4 is 11.8 Å². The normalized spacial score (nSPS) is 23.5. The van der Waals surface area contributed by atoms with Gasteiger partial charge in [0.25, 0.3) is 0 Å². The van der Waals surface area contributed by atoms with E-state index in [2.05, 4.69) is 14.8 Å². The molecule has 148 valence electrons. The number of hydrogen-bond donors (Lipinski definition) is 0. The first-order valence-corrected chi connectivity index (χ1v) is 10.6. The zero-order valence-corrected chi connectivity index (χ0v) is 16.4. The van der Waals surface area contributed by atoms with E-state index in [1.807, 2.05) is 9.80 Å². The quantitative estimate of drug-likeness (QED) is 0.812. The van der Waals surface area contributed by atoms with Crippen LogP contribution < -0.4 is 0 Å². The second kappa shape index (κ2) is 7.98. The van der Waals surface area contributed by atoms with Crippen molar-refractivity contribution in [3.63, 3.8) is 0 Å². The van der Waals surface area contributed by atoms with E-state index in [1.165, 1.54) is 25.7 Å². The van der Waals surface area contributed by atoms with Crippen molar-refractivity contribution in [1.82, 2.24) is 24.6 Å². The first-order chi connectivity index (χ1) is 13.1. The van der Waals surface area contributed by atoms with E-state index in [4.69, 9.17) is 0 Å². The van der Waals surface area contributed by atoms with Gasteiger partial charge in [0.1, 0.15) is 5.82 Å². The zero-order valence-electron chi connectivity index (χ0n) is 16.4. The summed E-state index contributed by atoms with van der Waals surface area (Å²) in [5.74, 6) is 3.00. The average Bonchev–Trinajstić information content (AvgIpc) is 3.38. The summed E-state index contributed by atoms with van der Waals surface area (Å²) in [7, 11) is 0. The number of nitrogens with zero attached hydrogens (tertiary/aromatic N) is 5. The Bertz CT molecular complexity index is 695. The van der Waals surface area contributed by atoms with Crippen molar-refractivity contribution in [1.29, 1.82) is 0 Å². The number of amides is 2. The topological polar surface area (TPSA) is 71.3 Å². The molecule has 1 aliphatic carbocycles. The summed E-state index contributed by atoms with van der Waals surface area (Å²) in [6.07, 6.45) is 9.67. The van der Waals surface area contributed by atoms with E-state index in [0.29, 0.717) is 19.5 Å². The highest BCUT2D eigenvalue weighted by molar-refractivity contribution is 5.77. The van der Waals surface area contributed by atoms with Crippen molar-refractivity contribution in [2.45, 2.75) is 77.3 Å². The maximum Gasteiger partial charge on any atom is 0.223 e. The van der Waals surface area contributed by atoms with Gasteiger partial charge in [0.2, 0.25) is 11.8 Å². The second-order valence-electron chi connectivity index (χ2n) is 8.32. The van der Waals surface area contributed by atoms with Gasteiger partial charge in [-0.05, 0) is 25.2 Å². The molecule has 2 aliphatic heterocycles. The molecule has 1 aromatic heterocycles. The first kappa shape index (κ1) is 18.4. The molecule has 7 heteroatoms. The molecule has 27 heavy (non-hydrogen) atoms. The average molecular weight is 374 g/mol. The van der Waals surface area contributed by atoms with Crippen molar-refractivity contribution in [2.75, 3.05) is 19.6 Å². The fraction of sp³-hybridized carbons (Fsp3) is 0.800. The fourth-order valence-corrected chi connectivity index (χ4v) is 5.01. The highest BCUT2D eigenvalue weighted by Crippen LogP contribution is 2.34. The van der Waals surface area contributed by atoms with E-state index in [-0.39, 0.29) is 17.9 Å². The summed E-state index contributed by atoms with van der Waals surface area (Å²) in [6.45, 7) is 4.56. The molecule has 1 saturated carbocycles. The third kappa shape index (κ3) is 3.87. The van der Waals surface area contributed by atoms with Gasteiger partial charge >= 0.3 is 0 Å². The Morgan fingerprint density at radius 2 is 1.81 bits per heavy atom. The summed E-state index contributed by atoms with van der Waals surface area (Å²) < 4.78 is 2.16. The van der Waals surface area contributed by atoms with Gasteiger partial charge in [-0.25, -0.2) is 0 Å². The lowest BCUT2D eigenvalue weighted by Crippen LogP contribution is -2.33. The maximum atomic E-state index is 12.9. The van der Waals surface area contributed by atoms with E-state index in [0.717, 1.165) is 56.3 Å². The Morgan fingerprint density at radius 1 is 1.00 bits per heavy atom. The predicted molar refractivity (Wildman–Crippen MR) is 101 cm³/mol. The van der Waals surface area contributed by atoms with Crippen LogP contribution in [0.25, 0.3) is 0 Å². The van der Waals surface area contributed by atoms with Gasteiger partial charge < -0.3 is 14.4 Å². The summed E-state index contributed by atoms with van der Waals surface area (Å²) >= 11 is 0. The molecule has 4 rings (SSSR count). The molecule has 1 atom stereocenters. The summed E-state index contributed by atoms with van der Waals surface area (Å²) in [5, 5.41) is 8.87. The highest BCUT2D eigenvalue weighted by atomic mass is 16.2. The SMILES string of the molecule is CC(=O)N1CCc2nnc([C@H]3CCCN3C(=O)CCC3CCCC3)n2CC1. The molecule has 0 N–H and O–H groups in total. The molecule has 7 nitrogen and oxygen atoms in total. The molecule has 2 amide bonds. The van der Waals surface area contributed by atoms with Crippen LogP contribution >= 0.6 is 0 Å². The molecule has 0 bridgehead atoms. The maximum absolute atomic E-state index is 12.9. The van der Waals surface area contributed by atoms with Crippen LogP contribution in [0.2, 0.25) is 0 Å². The minimum absolute atomic E-state index is 0.0474. The molecule has 0 unspecified atom stereocenters. The molecular weight excluding hydrogens is 342 g/mol. The van der Waals surface area contributed by atoms with Gasteiger partial charge in [-0.3, -0.25) is 9.59 Å². The lowest BCUT2D eigenvalue weighted by atomic mass is 10.0. The van der Waals surface area contributed by atoms with Crippen LogP contribution in [0.15, 0.2) is 0 Å². The zero-order chi connectivity index (χ0) is 18.8. The largest absolute Gasteiger partial charge is 0.341 e. The van der Waals surface area contributed by atoms with Crippen molar-refractivity contribution in [3.05, 3.63) is 11.6 Å². The molecule has 0 radical (unpaired) electrons. The monoisotopic (exact) mass is 373 g/mol. The van der Waals surface area contributed by atoms with Crippen molar-refractivity contribution < 1.29 is 9.59 Å². The smallest absolute Gasteiger partial charge is 0.223 e. The van der Waals surface area contributed by atoms with Gasteiger partial charge in [0.15, 0.2) is 5.82 Å². The Kier molecular flexibility index (Phi) is 5.45. The highest BCUT2D eigenvalue weighted by Gasteiger charge is 2.35. The molecule has 3 heterocycles. The van der Waals surface area contributed by atoms with Gasteiger partial charge in [-0.1, -0.05) is 25.7 Å². The van der Waals surface area contributed by atoms with Crippen LogP contribution in [0, 0.1) is 5.92 Å². The molecule has 3 aliphatic rings. The second-order valence-corrected chi connectivity index (χ2v) is 8.32. The fourth-order valence-electron chi connectivity index (χ4n) is 5.01. The predicted octanol–water partition coefficient (Wildman–Crippen LogP) is 2.32. The van der Waals surface area contributed by atoms with Crippen LogP contribution in [0.4, 0.5) is 0 Å². The van der Waals surface area contributed by atoms with Crippen LogP contribution in [0.1, 0.15) is 76.0 Å². The third-order valence-electron chi connectivity index (χ3n) is 6.61. The first-order valence-electron chi connectivity index (χ1n) is 10.6. The molecule has 0 spiro atoms. The van der Waals surface area contributed by atoms with E-state index < -0.39 is 0 Å². The van der Waals surface area contributed by atoms with Gasteiger partial charge in [0.05, 0.1) is 6.04 Å². The minimum Gasteiger partial charge on any atom is -0.341 e. The summed E-state index contributed by atoms with van der Waals surface area (Å²) in [5.41, 5.74) is 0. The Hall–Kier alpha value is -1.92.